The first-order valence-corrected chi connectivity index (χ1v) is 9.98. The zero-order valence-corrected chi connectivity index (χ0v) is 15.2. The average molecular weight is 378 g/mol. The summed E-state index contributed by atoms with van der Waals surface area (Å²) in [7, 11) is -3.66. The second kappa shape index (κ2) is 7.76. The highest BCUT2D eigenvalue weighted by atomic mass is 32.2. The van der Waals surface area contributed by atoms with Crippen molar-refractivity contribution in [3.8, 4) is 12.3 Å². The number of rotatable bonds is 5. The highest BCUT2D eigenvalue weighted by molar-refractivity contribution is 7.89. The number of terminal acetylenes is 1. The van der Waals surface area contributed by atoms with E-state index in [-0.39, 0.29) is 29.0 Å². The van der Waals surface area contributed by atoms with Crippen molar-refractivity contribution in [2.24, 2.45) is 0 Å². The van der Waals surface area contributed by atoms with Crippen LogP contribution in [-0.2, 0) is 19.5 Å². The van der Waals surface area contributed by atoms with Gasteiger partial charge in [-0.2, -0.15) is 4.72 Å². The largest absolute Gasteiger partial charge is 0.378 e. The fourth-order valence-electron chi connectivity index (χ4n) is 3.29. The minimum absolute atomic E-state index is 0.0126. The highest BCUT2D eigenvalue weighted by Gasteiger charge is 2.41. The topological polar surface area (TPSA) is 93.7 Å². The van der Waals surface area contributed by atoms with E-state index < -0.39 is 10.0 Å². The molecule has 1 aromatic rings. The molecule has 0 radical (unpaired) electrons. The second-order valence-corrected chi connectivity index (χ2v) is 8.32. The van der Waals surface area contributed by atoms with Crippen LogP contribution in [0.25, 0.3) is 0 Å². The standard InChI is InChI=1S/C18H22N2O5S/c1-2-9-19-26(22,23)16-5-3-14(4-6-16)17(21)20-15-7-10-25-18(12-15)8-11-24-13-18/h1,3-6,15,19H,7-13H2,(H,20,21). The Morgan fingerprint density at radius 3 is 2.73 bits per heavy atom. The van der Waals surface area contributed by atoms with Gasteiger partial charge in [-0.25, -0.2) is 8.42 Å². The maximum absolute atomic E-state index is 12.5. The monoisotopic (exact) mass is 378 g/mol. The molecule has 0 aromatic heterocycles. The third-order valence-corrected chi connectivity index (χ3v) is 6.10. The summed E-state index contributed by atoms with van der Waals surface area (Å²) in [4.78, 5) is 12.5. The Morgan fingerprint density at radius 1 is 1.31 bits per heavy atom. The Labute approximate surface area is 153 Å². The van der Waals surface area contributed by atoms with Crippen LogP contribution in [0.2, 0.25) is 0 Å². The number of sulfonamides is 1. The first kappa shape index (κ1) is 18.9. The van der Waals surface area contributed by atoms with Gasteiger partial charge in [0.15, 0.2) is 0 Å². The third kappa shape index (κ3) is 4.24. The normalized spacial score (nSPS) is 25.7. The van der Waals surface area contributed by atoms with Crippen LogP contribution in [0.1, 0.15) is 29.6 Å². The van der Waals surface area contributed by atoms with E-state index in [2.05, 4.69) is 16.0 Å². The molecule has 1 aromatic carbocycles. The molecule has 2 saturated heterocycles. The summed E-state index contributed by atoms with van der Waals surface area (Å²) in [6, 6.07) is 5.79. The maximum Gasteiger partial charge on any atom is 0.251 e. The SMILES string of the molecule is C#CCNS(=O)(=O)c1ccc(C(=O)NC2CCOC3(CCOC3)C2)cc1. The summed E-state index contributed by atoms with van der Waals surface area (Å²) in [6.07, 6.45) is 7.38. The third-order valence-electron chi connectivity index (χ3n) is 4.69. The molecule has 2 atom stereocenters. The van der Waals surface area contributed by atoms with Gasteiger partial charge in [0.1, 0.15) is 0 Å². The van der Waals surface area contributed by atoms with Crippen molar-refractivity contribution < 1.29 is 22.7 Å². The number of nitrogens with one attached hydrogen (secondary N) is 2. The molecule has 0 saturated carbocycles. The van der Waals surface area contributed by atoms with Gasteiger partial charge in [-0.15, -0.1) is 6.42 Å². The first-order chi connectivity index (χ1) is 12.4. The van der Waals surface area contributed by atoms with Crippen LogP contribution < -0.4 is 10.0 Å². The average Bonchev–Trinajstić information content (AvgIpc) is 3.07. The van der Waals surface area contributed by atoms with Gasteiger partial charge in [-0.3, -0.25) is 4.79 Å². The molecule has 26 heavy (non-hydrogen) atoms. The Hall–Kier alpha value is -1.92. The zero-order chi connectivity index (χ0) is 18.6. The van der Waals surface area contributed by atoms with Crippen LogP contribution in [0.3, 0.4) is 0 Å². The zero-order valence-electron chi connectivity index (χ0n) is 14.4. The Balaban J connectivity index is 1.62. The van der Waals surface area contributed by atoms with Gasteiger partial charge in [0.2, 0.25) is 10.0 Å². The Kier molecular flexibility index (Phi) is 5.63. The van der Waals surface area contributed by atoms with E-state index in [9.17, 15) is 13.2 Å². The number of carbonyl (C=O) groups is 1. The molecule has 0 aliphatic carbocycles. The predicted octanol–water partition coefficient (Wildman–Crippen LogP) is 0.666. The molecule has 2 aliphatic rings. The van der Waals surface area contributed by atoms with Crippen LogP contribution >= 0.6 is 0 Å². The molecule has 2 aliphatic heterocycles. The second-order valence-electron chi connectivity index (χ2n) is 6.55. The summed E-state index contributed by atoms with van der Waals surface area (Å²) >= 11 is 0. The van der Waals surface area contributed by atoms with Gasteiger partial charge in [-0.1, -0.05) is 5.92 Å². The van der Waals surface area contributed by atoms with Gasteiger partial charge >= 0.3 is 0 Å². The van der Waals surface area contributed by atoms with E-state index in [1.54, 1.807) is 0 Å². The lowest BCUT2D eigenvalue weighted by molar-refractivity contribution is -0.0881. The van der Waals surface area contributed by atoms with E-state index in [1.807, 2.05) is 0 Å². The van der Waals surface area contributed by atoms with Crippen molar-refractivity contribution in [3.05, 3.63) is 29.8 Å². The van der Waals surface area contributed by atoms with Crippen LogP contribution in [0, 0.1) is 12.3 Å². The maximum atomic E-state index is 12.5. The molecule has 2 N–H and O–H groups in total. The quantitative estimate of drug-likeness (QED) is 0.735. The molecule has 2 unspecified atom stereocenters. The summed E-state index contributed by atoms with van der Waals surface area (Å²) in [5.74, 6) is 1.99. The molecule has 1 amide bonds. The Bertz CT molecular complexity index is 792. The number of carbonyl (C=O) groups excluding carboxylic acids is 1. The van der Waals surface area contributed by atoms with E-state index in [0.29, 0.717) is 25.4 Å². The lowest BCUT2D eigenvalue weighted by atomic mass is 9.89. The Morgan fingerprint density at radius 2 is 2.08 bits per heavy atom. The minimum Gasteiger partial charge on any atom is -0.378 e. The number of benzene rings is 1. The van der Waals surface area contributed by atoms with Crippen LogP contribution in [0.4, 0.5) is 0 Å². The molecule has 2 fully saturated rings. The van der Waals surface area contributed by atoms with Crippen LogP contribution in [-0.4, -0.2) is 52.3 Å². The molecule has 1 spiro atoms. The van der Waals surface area contributed by atoms with Crippen LogP contribution in [0.5, 0.6) is 0 Å². The van der Waals surface area contributed by atoms with Gasteiger partial charge in [0, 0.05) is 31.2 Å². The summed E-state index contributed by atoms with van der Waals surface area (Å²) in [5.41, 5.74) is 0.126. The van der Waals surface area contributed by atoms with E-state index in [4.69, 9.17) is 15.9 Å². The van der Waals surface area contributed by atoms with Gasteiger partial charge in [0.25, 0.3) is 5.91 Å². The van der Waals surface area contributed by atoms with Crippen molar-refractivity contribution in [1.82, 2.24) is 10.0 Å². The number of hydrogen-bond donors (Lipinski definition) is 2. The highest BCUT2D eigenvalue weighted by Crippen LogP contribution is 2.32. The molecule has 8 heteroatoms. The van der Waals surface area contributed by atoms with Crippen molar-refractivity contribution >= 4 is 15.9 Å². The van der Waals surface area contributed by atoms with Gasteiger partial charge in [0.05, 0.1) is 23.6 Å². The number of hydrogen-bond acceptors (Lipinski definition) is 5. The number of amides is 1. The lowest BCUT2D eigenvalue weighted by Crippen LogP contribution is -2.49. The smallest absolute Gasteiger partial charge is 0.251 e. The van der Waals surface area contributed by atoms with Gasteiger partial charge in [-0.05, 0) is 37.1 Å². The summed E-state index contributed by atoms with van der Waals surface area (Å²) in [5, 5.41) is 3.01. The fourth-order valence-corrected chi connectivity index (χ4v) is 4.22. The van der Waals surface area contributed by atoms with Crippen LogP contribution in [0.15, 0.2) is 29.2 Å². The van der Waals surface area contributed by atoms with E-state index in [0.717, 1.165) is 19.3 Å². The summed E-state index contributed by atoms with van der Waals surface area (Å²) < 4.78 is 37.6. The van der Waals surface area contributed by atoms with E-state index >= 15 is 0 Å². The molecule has 140 valence electrons. The lowest BCUT2D eigenvalue weighted by Gasteiger charge is -2.37. The van der Waals surface area contributed by atoms with E-state index in [1.165, 1.54) is 24.3 Å². The molecular weight excluding hydrogens is 356 g/mol. The fraction of sp³-hybridized carbons (Fsp3) is 0.500. The van der Waals surface area contributed by atoms with Crippen molar-refractivity contribution in [2.75, 3.05) is 26.4 Å². The van der Waals surface area contributed by atoms with Crippen molar-refractivity contribution in [1.29, 1.82) is 0 Å². The number of ether oxygens (including phenoxy) is 2. The summed E-state index contributed by atoms with van der Waals surface area (Å²) in [6.45, 7) is 1.76. The van der Waals surface area contributed by atoms with Gasteiger partial charge < -0.3 is 14.8 Å². The predicted molar refractivity (Wildman–Crippen MR) is 95.1 cm³/mol. The molecule has 7 nitrogen and oxygen atoms in total. The van der Waals surface area contributed by atoms with Crippen molar-refractivity contribution in [3.63, 3.8) is 0 Å². The molecule has 3 rings (SSSR count). The minimum atomic E-state index is -3.66. The molecule has 2 heterocycles. The first-order valence-electron chi connectivity index (χ1n) is 8.50. The molecular formula is C18H22N2O5S. The molecule has 0 bridgehead atoms. The van der Waals surface area contributed by atoms with Crippen molar-refractivity contribution in [2.45, 2.75) is 35.8 Å².